The third kappa shape index (κ3) is 7.34. The molecule has 0 amide bonds. The van der Waals surface area contributed by atoms with Crippen LogP contribution in [0.2, 0.25) is 0 Å². The standard InChI is InChI=1S/C17H29NO/c1-3-4-6-9-15(2)13-18-17(14-19)12-16-10-7-5-8-11-16/h5,7-8,10-11,15,17-19H,3-4,6,9,12-14H2,1-2H3. The fourth-order valence-corrected chi connectivity index (χ4v) is 2.31. The summed E-state index contributed by atoms with van der Waals surface area (Å²) in [5, 5.41) is 12.9. The third-order valence-corrected chi connectivity index (χ3v) is 3.60. The Kier molecular flexibility index (Phi) is 8.52. The predicted molar refractivity (Wildman–Crippen MR) is 82.3 cm³/mol. The summed E-state index contributed by atoms with van der Waals surface area (Å²) < 4.78 is 0. The zero-order chi connectivity index (χ0) is 13.9. The van der Waals surface area contributed by atoms with Crippen LogP contribution in [-0.2, 0) is 6.42 Å². The van der Waals surface area contributed by atoms with Crippen LogP contribution in [0.15, 0.2) is 30.3 Å². The first kappa shape index (κ1) is 16.2. The maximum Gasteiger partial charge on any atom is 0.0587 e. The van der Waals surface area contributed by atoms with E-state index in [0.717, 1.165) is 13.0 Å². The lowest BCUT2D eigenvalue weighted by Crippen LogP contribution is -2.37. The van der Waals surface area contributed by atoms with Crippen LogP contribution in [0.3, 0.4) is 0 Å². The summed E-state index contributed by atoms with van der Waals surface area (Å²) in [6.07, 6.45) is 6.12. The summed E-state index contributed by atoms with van der Waals surface area (Å²) in [6, 6.07) is 10.6. The average Bonchev–Trinajstić information content (AvgIpc) is 2.45. The number of benzene rings is 1. The van der Waals surface area contributed by atoms with Crippen molar-refractivity contribution in [1.82, 2.24) is 5.32 Å². The number of nitrogens with one attached hydrogen (secondary N) is 1. The van der Waals surface area contributed by atoms with Gasteiger partial charge >= 0.3 is 0 Å². The highest BCUT2D eigenvalue weighted by molar-refractivity contribution is 5.15. The van der Waals surface area contributed by atoms with E-state index >= 15 is 0 Å². The molecule has 2 N–H and O–H groups in total. The normalized spacial score (nSPS) is 14.3. The van der Waals surface area contributed by atoms with Gasteiger partial charge in [-0.3, -0.25) is 0 Å². The van der Waals surface area contributed by atoms with Gasteiger partial charge in [0.05, 0.1) is 6.61 Å². The zero-order valence-corrected chi connectivity index (χ0v) is 12.4. The molecule has 0 aliphatic rings. The van der Waals surface area contributed by atoms with Crippen LogP contribution in [0.1, 0.15) is 45.1 Å². The molecule has 108 valence electrons. The van der Waals surface area contributed by atoms with Crippen LogP contribution in [0.5, 0.6) is 0 Å². The van der Waals surface area contributed by atoms with E-state index in [1.165, 1.54) is 31.2 Å². The molecule has 2 unspecified atom stereocenters. The Labute approximate surface area is 118 Å². The van der Waals surface area contributed by atoms with Crippen molar-refractivity contribution >= 4 is 0 Å². The number of hydrogen-bond donors (Lipinski definition) is 2. The first-order chi connectivity index (χ1) is 9.26. The van der Waals surface area contributed by atoms with Gasteiger partial charge in [-0.25, -0.2) is 0 Å². The van der Waals surface area contributed by atoms with E-state index in [1.54, 1.807) is 0 Å². The van der Waals surface area contributed by atoms with Gasteiger partial charge in [0.25, 0.3) is 0 Å². The van der Waals surface area contributed by atoms with Gasteiger partial charge in [0.2, 0.25) is 0 Å². The van der Waals surface area contributed by atoms with E-state index in [1.807, 2.05) is 6.07 Å². The fraction of sp³-hybridized carbons (Fsp3) is 0.647. The van der Waals surface area contributed by atoms with E-state index in [9.17, 15) is 5.11 Å². The molecule has 0 saturated carbocycles. The largest absolute Gasteiger partial charge is 0.395 e. The monoisotopic (exact) mass is 263 g/mol. The van der Waals surface area contributed by atoms with Crippen molar-refractivity contribution in [1.29, 1.82) is 0 Å². The van der Waals surface area contributed by atoms with Crippen molar-refractivity contribution < 1.29 is 5.11 Å². The van der Waals surface area contributed by atoms with Crippen LogP contribution in [-0.4, -0.2) is 24.3 Å². The summed E-state index contributed by atoms with van der Waals surface area (Å²) in [6.45, 7) is 5.74. The third-order valence-electron chi connectivity index (χ3n) is 3.60. The van der Waals surface area contributed by atoms with Gasteiger partial charge in [-0.15, -0.1) is 0 Å². The molecular formula is C17H29NO. The van der Waals surface area contributed by atoms with E-state index in [-0.39, 0.29) is 12.6 Å². The molecule has 0 saturated heterocycles. The smallest absolute Gasteiger partial charge is 0.0587 e. The predicted octanol–water partition coefficient (Wildman–Crippen LogP) is 3.40. The second-order valence-corrected chi connectivity index (χ2v) is 5.58. The van der Waals surface area contributed by atoms with Crippen LogP contribution >= 0.6 is 0 Å². The van der Waals surface area contributed by atoms with E-state index in [0.29, 0.717) is 5.92 Å². The molecule has 2 heteroatoms. The van der Waals surface area contributed by atoms with Crippen molar-refractivity contribution in [3.8, 4) is 0 Å². The highest BCUT2D eigenvalue weighted by Crippen LogP contribution is 2.09. The van der Waals surface area contributed by atoms with Crippen molar-refractivity contribution in [2.75, 3.05) is 13.2 Å². The van der Waals surface area contributed by atoms with Crippen molar-refractivity contribution in [2.45, 2.75) is 52.0 Å². The second-order valence-electron chi connectivity index (χ2n) is 5.58. The lowest BCUT2D eigenvalue weighted by molar-refractivity contribution is 0.235. The minimum atomic E-state index is 0.177. The molecule has 2 atom stereocenters. The highest BCUT2D eigenvalue weighted by atomic mass is 16.3. The molecule has 0 aliphatic heterocycles. The summed E-state index contributed by atoms with van der Waals surface area (Å²) in [4.78, 5) is 0. The first-order valence-electron chi connectivity index (χ1n) is 7.64. The lowest BCUT2D eigenvalue weighted by atomic mass is 10.0. The van der Waals surface area contributed by atoms with Gasteiger partial charge in [-0.1, -0.05) is 63.4 Å². The van der Waals surface area contributed by atoms with Gasteiger partial charge < -0.3 is 10.4 Å². The SMILES string of the molecule is CCCCCC(C)CNC(CO)Cc1ccccc1. The molecule has 0 fully saturated rings. The molecule has 1 aromatic carbocycles. The number of hydrogen-bond acceptors (Lipinski definition) is 2. The number of aliphatic hydroxyl groups is 1. The quantitative estimate of drug-likeness (QED) is 0.634. The summed E-state index contributed by atoms with van der Waals surface area (Å²) in [5.74, 6) is 0.691. The Hall–Kier alpha value is -0.860. The minimum Gasteiger partial charge on any atom is -0.395 e. The van der Waals surface area contributed by atoms with Gasteiger partial charge in [-0.2, -0.15) is 0 Å². The molecule has 1 aromatic rings. The molecule has 0 spiro atoms. The first-order valence-corrected chi connectivity index (χ1v) is 7.64. The van der Waals surface area contributed by atoms with E-state index in [4.69, 9.17) is 0 Å². The second kappa shape index (κ2) is 9.99. The highest BCUT2D eigenvalue weighted by Gasteiger charge is 2.09. The number of rotatable bonds is 10. The fourth-order valence-electron chi connectivity index (χ4n) is 2.31. The lowest BCUT2D eigenvalue weighted by Gasteiger charge is -2.19. The van der Waals surface area contributed by atoms with Crippen molar-refractivity contribution in [2.24, 2.45) is 5.92 Å². The van der Waals surface area contributed by atoms with Gasteiger partial charge in [0.15, 0.2) is 0 Å². The van der Waals surface area contributed by atoms with Gasteiger partial charge in [-0.05, 0) is 30.9 Å². The van der Waals surface area contributed by atoms with Crippen LogP contribution in [0.4, 0.5) is 0 Å². The van der Waals surface area contributed by atoms with Crippen LogP contribution in [0, 0.1) is 5.92 Å². The van der Waals surface area contributed by atoms with Crippen LogP contribution in [0.25, 0.3) is 0 Å². The molecule has 0 heterocycles. The summed E-state index contributed by atoms with van der Waals surface area (Å²) in [5.41, 5.74) is 1.28. The molecule has 1 rings (SSSR count). The minimum absolute atomic E-state index is 0.177. The molecule has 2 nitrogen and oxygen atoms in total. The van der Waals surface area contributed by atoms with E-state index in [2.05, 4.69) is 43.4 Å². The molecule has 19 heavy (non-hydrogen) atoms. The molecule has 0 aliphatic carbocycles. The zero-order valence-electron chi connectivity index (χ0n) is 12.4. The Morgan fingerprint density at radius 3 is 2.53 bits per heavy atom. The Bertz CT molecular complexity index is 312. The average molecular weight is 263 g/mol. The Morgan fingerprint density at radius 1 is 1.16 bits per heavy atom. The molecule has 0 radical (unpaired) electrons. The summed E-state index contributed by atoms with van der Waals surface area (Å²) >= 11 is 0. The van der Waals surface area contributed by atoms with Crippen LogP contribution < -0.4 is 5.32 Å². The maximum atomic E-state index is 9.45. The topological polar surface area (TPSA) is 32.3 Å². The maximum absolute atomic E-state index is 9.45. The summed E-state index contributed by atoms with van der Waals surface area (Å²) in [7, 11) is 0. The number of unbranched alkanes of at least 4 members (excludes halogenated alkanes) is 2. The molecule has 0 bridgehead atoms. The van der Waals surface area contributed by atoms with E-state index < -0.39 is 0 Å². The molecular weight excluding hydrogens is 234 g/mol. The molecule has 0 aromatic heterocycles. The van der Waals surface area contributed by atoms with Gasteiger partial charge in [0, 0.05) is 6.04 Å². The Balaban J connectivity index is 2.25. The Morgan fingerprint density at radius 2 is 1.89 bits per heavy atom. The van der Waals surface area contributed by atoms with Crippen molar-refractivity contribution in [3.63, 3.8) is 0 Å². The number of aliphatic hydroxyl groups excluding tert-OH is 1. The van der Waals surface area contributed by atoms with Crippen molar-refractivity contribution in [3.05, 3.63) is 35.9 Å². The van der Waals surface area contributed by atoms with Gasteiger partial charge in [0.1, 0.15) is 0 Å².